The first kappa shape index (κ1) is 18.5. The Bertz CT molecular complexity index is 792. The minimum atomic E-state index is -0.412. The van der Waals surface area contributed by atoms with E-state index in [1.54, 1.807) is 19.1 Å². The Morgan fingerprint density at radius 1 is 1.42 bits per heavy atom. The average molecular weight is 366 g/mol. The van der Waals surface area contributed by atoms with Crippen LogP contribution in [0.2, 0.25) is 5.02 Å². The minimum absolute atomic E-state index is 0.177. The van der Waals surface area contributed by atoms with Gasteiger partial charge < -0.3 is 10.3 Å². The van der Waals surface area contributed by atoms with Gasteiger partial charge in [0, 0.05) is 22.5 Å². The monoisotopic (exact) mass is 365 g/mol. The number of H-pyrrole nitrogens is 1. The average Bonchev–Trinajstić information content (AvgIpc) is 2.50. The van der Waals surface area contributed by atoms with Crippen LogP contribution in [-0.2, 0) is 11.2 Å². The first-order chi connectivity index (χ1) is 11.4. The third kappa shape index (κ3) is 5.11. The molecule has 0 saturated carbocycles. The van der Waals surface area contributed by atoms with Crippen LogP contribution >= 0.6 is 23.4 Å². The Kier molecular flexibility index (Phi) is 6.45. The standard InChI is InChI=1S/C17H20ClN3O2S/c1-4-5-12-9-15(22)21-17(20-12)24-11(3)16(23)19-13-7-6-10(2)14(18)8-13/h6-9,11H,4-5H2,1-3H3,(H,19,23)(H,20,21,22)/t11-/m0/s1. The van der Waals surface area contributed by atoms with Gasteiger partial charge in [-0.1, -0.05) is 42.8 Å². The number of carbonyl (C=O) groups is 1. The molecule has 1 atom stereocenters. The van der Waals surface area contributed by atoms with Gasteiger partial charge in [0.25, 0.3) is 5.56 Å². The Balaban J connectivity index is 2.05. The maximum Gasteiger partial charge on any atom is 0.251 e. The van der Waals surface area contributed by atoms with E-state index in [9.17, 15) is 9.59 Å². The topological polar surface area (TPSA) is 74.8 Å². The smallest absolute Gasteiger partial charge is 0.251 e. The van der Waals surface area contributed by atoms with Crippen LogP contribution in [0.15, 0.2) is 34.2 Å². The van der Waals surface area contributed by atoms with E-state index >= 15 is 0 Å². The van der Waals surface area contributed by atoms with Gasteiger partial charge in [-0.05, 0) is 38.0 Å². The van der Waals surface area contributed by atoms with Crippen molar-refractivity contribution < 1.29 is 4.79 Å². The van der Waals surface area contributed by atoms with Gasteiger partial charge in [0.05, 0.1) is 5.25 Å². The summed E-state index contributed by atoms with van der Waals surface area (Å²) in [4.78, 5) is 31.0. The van der Waals surface area contributed by atoms with E-state index in [0.29, 0.717) is 15.9 Å². The molecule has 128 valence electrons. The number of aromatic amines is 1. The molecule has 0 fully saturated rings. The molecule has 0 spiro atoms. The summed E-state index contributed by atoms with van der Waals surface area (Å²) in [5.74, 6) is -0.177. The molecular formula is C17H20ClN3O2S. The number of benzene rings is 1. The molecule has 0 saturated heterocycles. The second-order valence-electron chi connectivity index (χ2n) is 5.51. The number of halogens is 1. The molecule has 0 aliphatic heterocycles. The molecule has 2 aromatic rings. The van der Waals surface area contributed by atoms with Crippen LogP contribution in [0.1, 0.15) is 31.5 Å². The molecule has 5 nitrogen and oxygen atoms in total. The summed E-state index contributed by atoms with van der Waals surface area (Å²) in [6, 6.07) is 6.86. The third-order valence-electron chi connectivity index (χ3n) is 3.38. The van der Waals surface area contributed by atoms with E-state index in [1.807, 2.05) is 19.9 Å². The highest BCUT2D eigenvalue weighted by molar-refractivity contribution is 8.00. The Labute approximate surface area is 150 Å². The molecule has 0 aliphatic carbocycles. The maximum absolute atomic E-state index is 12.3. The molecule has 2 rings (SSSR count). The van der Waals surface area contributed by atoms with Crippen molar-refractivity contribution in [2.75, 3.05) is 5.32 Å². The number of aromatic nitrogens is 2. The van der Waals surface area contributed by atoms with Crippen molar-refractivity contribution in [3.8, 4) is 0 Å². The number of hydrogen-bond donors (Lipinski definition) is 2. The lowest BCUT2D eigenvalue weighted by Crippen LogP contribution is -2.23. The molecule has 1 aromatic heterocycles. The van der Waals surface area contributed by atoms with Crippen LogP contribution in [0.5, 0.6) is 0 Å². The number of anilines is 1. The molecule has 0 unspecified atom stereocenters. The van der Waals surface area contributed by atoms with E-state index in [1.165, 1.54) is 17.8 Å². The summed E-state index contributed by atoms with van der Waals surface area (Å²) in [5.41, 5.74) is 2.13. The van der Waals surface area contributed by atoms with Crippen molar-refractivity contribution in [2.45, 2.75) is 44.0 Å². The fourth-order valence-electron chi connectivity index (χ4n) is 2.06. The third-order valence-corrected chi connectivity index (χ3v) is 4.77. The van der Waals surface area contributed by atoms with Gasteiger partial charge >= 0.3 is 0 Å². The predicted molar refractivity (Wildman–Crippen MR) is 99.0 cm³/mol. The number of hydrogen-bond acceptors (Lipinski definition) is 4. The summed E-state index contributed by atoms with van der Waals surface area (Å²) in [7, 11) is 0. The number of aryl methyl sites for hydroxylation is 2. The van der Waals surface area contributed by atoms with E-state index in [2.05, 4.69) is 15.3 Å². The van der Waals surface area contributed by atoms with E-state index in [0.717, 1.165) is 24.1 Å². The van der Waals surface area contributed by atoms with Crippen LogP contribution in [0, 0.1) is 6.92 Å². The lowest BCUT2D eigenvalue weighted by atomic mass is 10.2. The van der Waals surface area contributed by atoms with E-state index in [4.69, 9.17) is 11.6 Å². The molecule has 0 bridgehead atoms. The van der Waals surface area contributed by atoms with Crippen molar-refractivity contribution >= 4 is 35.0 Å². The number of thioether (sulfide) groups is 1. The number of rotatable bonds is 6. The second kappa shape index (κ2) is 8.35. The number of amides is 1. The summed E-state index contributed by atoms with van der Waals surface area (Å²) in [6.45, 7) is 5.69. The van der Waals surface area contributed by atoms with Gasteiger partial charge in [0.2, 0.25) is 5.91 Å². The van der Waals surface area contributed by atoms with Crippen LogP contribution < -0.4 is 10.9 Å². The van der Waals surface area contributed by atoms with Crippen LogP contribution in [0.4, 0.5) is 5.69 Å². The minimum Gasteiger partial charge on any atom is -0.325 e. The second-order valence-corrected chi connectivity index (χ2v) is 7.24. The molecule has 1 aromatic carbocycles. The van der Waals surface area contributed by atoms with Gasteiger partial charge in [-0.2, -0.15) is 0 Å². The lowest BCUT2D eigenvalue weighted by Gasteiger charge is -2.12. The molecule has 0 radical (unpaired) electrons. The Morgan fingerprint density at radius 3 is 2.83 bits per heavy atom. The summed E-state index contributed by atoms with van der Waals surface area (Å²) in [6.07, 6.45) is 1.64. The fourth-order valence-corrected chi connectivity index (χ4v) is 3.07. The molecule has 7 heteroatoms. The van der Waals surface area contributed by atoms with E-state index < -0.39 is 5.25 Å². The normalized spacial score (nSPS) is 12.0. The summed E-state index contributed by atoms with van der Waals surface area (Å²) in [5, 5.41) is 3.47. The van der Waals surface area contributed by atoms with E-state index in [-0.39, 0.29) is 11.5 Å². The van der Waals surface area contributed by atoms with Gasteiger partial charge in [-0.3, -0.25) is 9.59 Å². The summed E-state index contributed by atoms with van der Waals surface area (Å²) >= 11 is 7.29. The molecule has 24 heavy (non-hydrogen) atoms. The highest BCUT2D eigenvalue weighted by Gasteiger charge is 2.16. The first-order valence-electron chi connectivity index (χ1n) is 7.73. The van der Waals surface area contributed by atoms with Gasteiger partial charge in [0.15, 0.2) is 5.16 Å². The molecular weight excluding hydrogens is 346 g/mol. The fraction of sp³-hybridized carbons (Fsp3) is 0.353. The Hall–Kier alpha value is -1.79. The zero-order chi connectivity index (χ0) is 17.7. The molecule has 1 amide bonds. The van der Waals surface area contributed by atoms with Crippen molar-refractivity contribution in [3.63, 3.8) is 0 Å². The molecule has 0 aliphatic rings. The van der Waals surface area contributed by atoms with Crippen LogP contribution in [0.25, 0.3) is 0 Å². The SMILES string of the molecule is CCCc1cc(=O)[nH]c(S[C@@H](C)C(=O)Nc2ccc(C)c(Cl)c2)n1. The number of nitrogens with one attached hydrogen (secondary N) is 2. The highest BCUT2D eigenvalue weighted by Crippen LogP contribution is 2.23. The maximum atomic E-state index is 12.3. The largest absolute Gasteiger partial charge is 0.325 e. The van der Waals surface area contributed by atoms with Crippen LogP contribution in [0.3, 0.4) is 0 Å². The predicted octanol–water partition coefficient (Wildman–Crippen LogP) is 3.80. The molecule has 1 heterocycles. The zero-order valence-electron chi connectivity index (χ0n) is 13.9. The number of nitrogens with zero attached hydrogens (tertiary/aromatic N) is 1. The van der Waals surface area contributed by atoms with Crippen molar-refractivity contribution in [3.05, 3.63) is 50.9 Å². The Morgan fingerprint density at radius 2 is 2.17 bits per heavy atom. The van der Waals surface area contributed by atoms with Gasteiger partial charge in [-0.15, -0.1) is 0 Å². The summed E-state index contributed by atoms with van der Waals surface area (Å²) < 4.78 is 0. The zero-order valence-corrected chi connectivity index (χ0v) is 15.4. The quantitative estimate of drug-likeness (QED) is 0.603. The number of carbonyl (C=O) groups excluding carboxylic acids is 1. The lowest BCUT2D eigenvalue weighted by molar-refractivity contribution is -0.115. The van der Waals surface area contributed by atoms with Gasteiger partial charge in [0.1, 0.15) is 0 Å². The molecule has 2 N–H and O–H groups in total. The van der Waals surface area contributed by atoms with Gasteiger partial charge in [-0.25, -0.2) is 4.98 Å². The van der Waals surface area contributed by atoms with Crippen molar-refractivity contribution in [1.29, 1.82) is 0 Å². The van der Waals surface area contributed by atoms with Crippen molar-refractivity contribution in [2.24, 2.45) is 0 Å². The highest BCUT2D eigenvalue weighted by atomic mass is 35.5. The first-order valence-corrected chi connectivity index (χ1v) is 8.98. The van der Waals surface area contributed by atoms with Crippen molar-refractivity contribution in [1.82, 2.24) is 9.97 Å². The van der Waals surface area contributed by atoms with Crippen LogP contribution in [-0.4, -0.2) is 21.1 Å².